The van der Waals surface area contributed by atoms with E-state index < -0.39 is 57.7 Å². The number of nitrogens with zero attached hydrogens (tertiary/aromatic N) is 1. The normalized spacial score (nSPS) is 23.2. The van der Waals surface area contributed by atoms with Crippen LogP contribution in [0.1, 0.15) is 5.56 Å². The molecule has 13 nitrogen and oxygen atoms in total. The van der Waals surface area contributed by atoms with Gasteiger partial charge in [-0.15, -0.1) is 8.42 Å². The third-order valence-electron chi connectivity index (χ3n) is 6.11. The molecular weight excluding hydrogens is 582 g/mol. The first-order chi connectivity index (χ1) is 19.4. The van der Waals surface area contributed by atoms with Crippen molar-refractivity contribution in [1.29, 1.82) is 0 Å². The molecular formula is C26H29NO12S2. The zero-order valence-corrected chi connectivity index (χ0v) is 23.3. The van der Waals surface area contributed by atoms with Crippen LogP contribution in [0.2, 0.25) is 0 Å². The van der Waals surface area contributed by atoms with Gasteiger partial charge in [0.25, 0.3) is 0 Å². The standard InChI is InChI=1S/C26H29NO12S2/c1-27(40(32,33)19-7-3-2-4-8-19)15-17-11-13-18(14-12-17)38-41(34,35)39-21-10-6-5-9-20(21)36-26-25(31)24(30)23(29)22(16-28)37-26/h2-14,22-26,28-31H,15-16H2,1H3/t22-,23+,24+,25-,26?/m1/s1. The molecule has 4 rings (SSSR count). The maximum atomic E-state index is 12.7. The van der Waals surface area contributed by atoms with Gasteiger partial charge in [0.05, 0.1) is 11.5 Å². The van der Waals surface area contributed by atoms with Gasteiger partial charge in [0.2, 0.25) is 16.3 Å². The molecule has 1 unspecified atom stereocenters. The van der Waals surface area contributed by atoms with Crippen molar-refractivity contribution < 1.29 is 55.1 Å². The molecule has 1 fully saturated rings. The lowest BCUT2D eigenvalue weighted by molar-refractivity contribution is -0.277. The molecule has 15 heteroatoms. The van der Waals surface area contributed by atoms with E-state index in [1.165, 1.54) is 67.7 Å². The Kier molecular flexibility index (Phi) is 9.51. The number of benzene rings is 3. The molecule has 41 heavy (non-hydrogen) atoms. The molecule has 1 aliphatic heterocycles. The highest BCUT2D eigenvalue weighted by molar-refractivity contribution is 7.89. The van der Waals surface area contributed by atoms with Crippen molar-refractivity contribution in [2.45, 2.75) is 42.1 Å². The molecule has 1 aliphatic rings. The average Bonchev–Trinajstić information content (AvgIpc) is 2.95. The van der Waals surface area contributed by atoms with Crippen molar-refractivity contribution in [2.75, 3.05) is 13.7 Å². The Hall–Kier alpha value is -3.28. The zero-order chi connectivity index (χ0) is 29.8. The minimum atomic E-state index is -4.71. The minimum Gasteiger partial charge on any atom is -0.458 e. The van der Waals surface area contributed by atoms with Crippen LogP contribution in [0.4, 0.5) is 0 Å². The lowest BCUT2D eigenvalue weighted by Crippen LogP contribution is -2.60. The third kappa shape index (κ3) is 7.33. The minimum absolute atomic E-state index is 0.0173. The second-order valence-corrected chi connectivity index (χ2v) is 12.2. The first-order valence-electron chi connectivity index (χ1n) is 12.2. The fraction of sp³-hybridized carbons (Fsp3) is 0.308. The van der Waals surface area contributed by atoms with Crippen molar-refractivity contribution in [3.8, 4) is 17.2 Å². The number of hydrogen-bond acceptors (Lipinski definition) is 12. The van der Waals surface area contributed by atoms with E-state index in [2.05, 4.69) is 0 Å². The summed E-state index contributed by atoms with van der Waals surface area (Å²) in [6.07, 6.45) is -7.84. The first-order valence-corrected chi connectivity index (χ1v) is 15.0. The summed E-state index contributed by atoms with van der Waals surface area (Å²) in [6, 6.07) is 19.1. The molecule has 0 saturated carbocycles. The Morgan fingerprint density at radius 2 is 1.39 bits per heavy atom. The van der Waals surface area contributed by atoms with Gasteiger partial charge >= 0.3 is 10.4 Å². The molecule has 0 bridgehead atoms. The predicted molar refractivity (Wildman–Crippen MR) is 143 cm³/mol. The summed E-state index contributed by atoms with van der Waals surface area (Å²) in [5.74, 6) is -0.662. The second kappa shape index (κ2) is 12.7. The van der Waals surface area contributed by atoms with Crippen LogP contribution >= 0.6 is 0 Å². The van der Waals surface area contributed by atoms with Crippen molar-refractivity contribution in [1.82, 2.24) is 4.31 Å². The van der Waals surface area contributed by atoms with Gasteiger partial charge in [0.15, 0.2) is 11.5 Å². The number of rotatable bonds is 11. The number of hydrogen-bond donors (Lipinski definition) is 4. The maximum absolute atomic E-state index is 12.7. The Balaban J connectivity index is 1.41. The van der Waals surface area contributed by atoms with Crippen LogP contribution in [-0.2, 0) is 31.7 Å². The van der Waals surface area contributed by atoms with Gasteiger partial charge in [-0.25, -0.2) is 8.42 Å². The van der Waals surface area contributed by atoms with Crippen LogP contribution in [0.25, 0.3) is 0 Å². The topological polar surface area (TPSA) is 189 Å². The molecule has 222 valence electrons. The fourth-order valence-corrected chi connectivity index (χ4v) is 5.83. The predicted octanol–water partition coefficient (Wildman–Crippen LogP) is 0.389. The first kappa shape index (κ1) is 30.7. The summed E-state index contributed by atoms with van der Waals surface area (Å²) in [7, 11) is -7.02. The van der Waals surface area contributed by atoms with Crippen LogP contribution in [0.3, 0.4) is 0 Å². The molecule has 3 aromatic rings. The second-order valence-electron chi connectivity index (χ2n) is 9.05. The van der Waals surface area contributed by atoms with Crippen LogP contribution in [0.15, 0.2) is 83.8 Å². The van der Waals surface area contributed by atoms with Gasteiger partial charge < -0.3 is 38.3 Å². The molecule has 3 aromatic carbocycles. The zero-order valence-electron chi connectivity index (χ0n) is 21.6. The molecule has 0 aliphatic carbocycles. The molecule has 0 aromatic heterocycles. The molecule has 0 radical (unpaired) electrons. The SMILES string of the molecule is CN(Cc1ccc(OS(=O)(=O)Oc2ccccc2OC2O[C@H](CO)[C@H](O)[C@H](O)[C@H]2O)cc1)S(=O)(=O)c1ccccc1. The molecule has 1 heterocycles. The van der Waals surface area contributed by atoms with E-state index in [1.807, 2.05) is 0 Å². The number of aliphatic hydroxyl groups excluding tert-OH is 4. The Morgan fingerprint density at radius 3 is 2.02 bits per heavy atom. The van der Waals surface area contributed by atoms with E-state index >= 15 is 0 Å². The van der Waals surface area contributed by atoms with Crippen LogP contribution in [0.5, 0.6) is 17.2 Å². The Bertz CT molecular complexity index is 1520. The summed E-state index contributed by atoms with van der Waals surface area (Å²) in [5, 5.41) is 39.5. The molecule has 0 amide bonds. The maximum Gasteiger partial charge on any atom is 0.501 e. The highest BCUT2D eigenvalue weighted by atomic mass is 32.3. The number of para-hydroxylation sites is 2. The third-order valence-corrected chi connectivity index (χ3v) is 8.71. The highest BCUT2D eigenvalue weighted by Crippen LogP contribution is 2.32. The van der Waals surface area contributed by atoms with Crippen LogP contribution in [-0.4, -0.2) is 85.9 Å². The van der Waals surface area contributed by atoms with E-state index in [-0.39, 0.29) is 28.7 Å². The fourth-order valence-electron chi connectivity index (χ4n) is 3.92. The van der Waals surface area contributed by atoms with E-state index in [9.17, 15) is 37.3 Å². The van der Waals surface area contributed by atoms with Crippen molar-refractivity contribution in [3.05, 3.63) is 84.4 Å². The van der Waals surface area contributed by atoms with Crippen molar-refractivity contribution in [2.24, 2.45) is 0 Å². The van der Waals surface area contributed by atoms with E-state index in [0.717, 1.165) is 4.31 Å². The largest absolute Gasteiger partial charge is 0.501 e. The van der Waals surface area contributed by atoms with Crippen LogP contribution in [0, 0.1) is 0 Å². The summed E-state index contributed by atoms with van der Waals surface area (Å²) >= 11 is 0. The Labute approximate surface area is 237 Å². The van der Waals surface area contributed by atoms with Gasteiger partial charge in [-0.3, -0.25) is 0 Å². The van der Waals surface area contributed by atoms with Gasteiger partial charge in [-0.05, 0) is 42.0 Å². The smallest absolute Gasteiger partial charge is 0.458 e. The quantitative estimate of drug-likeness (QED) is 0.234. The van der Waals surface area contributed by atoms with E-state index in [4.69, 9.17) is 17.8 Å². The number of sulfonamides is 1. The van der Waals surface area contributed by atoms with Crippen molar-refractivity contribution in [3.63, 3.8) is 0 Å². The van der Waals surface area contributed by atoms with Crippen molar-refractivity contribution >= 4 is 20.4 Å². The van der Waals surface area contributed by atoms with Gasteiger partial charge in [-0.2, -0.15) is 4.31 Å². The summed E-state index contributed by atoms with van der Waals surface area (Å²) in [4.78, 5) is 0.140. The summed E-state index contributed by atoms with van der Waals surface area (Å²) in [5.41, 5.74) is 0.566. The van der Waals surface area contributed by atoms with Gasteiger partial charge in [0, 0.05) is 13.6 Å². The Morgan fingerprint density at radius 1 is 0.780 bits per heavy atom. The summed E-state index contributed by atoms with van der Waals surface area (Å²) < 4.78 is 72.8. The highest BCUT2D eigenvalue weighted by Gasteiger charge is 2.45. The van der Waals surface area contributed by atoms with Gasteiger partial charge in [0.1, 0.15) is 30.2 Å². The summed E-state index contributed by atoms with van der Waals surface area (Å²) in [6.45, 7) is -0.660. The monoisotopic (exact) mass is 611 g/mol. The van der Waals surface area contributed by atoms with Crippen LogP contribution < -0.4 is 13.1 Å². The van der Waals surface area contributed by atoms with E-state index in [1.54, 1.807) is 18.2 Å². The molecule has 1 saturated heterocycles. The molecule has 5 atom stereocenters. The molecule has 4 N–H and O–H groups in total. The lowest BCUT2D eigenvalue weighted by atomic mass is 9.99. The average molecular weight is 612 g/mol. The number of aliphatic hydroxyl groups is 4. The van der Waals surface area contributed by atoms with Gasteiger partial charge in [-0.1, -0.05) is 42.5 Å². The van der Waals surface area contributed by atoms with E-state index in [0.29, 0.717) is 5.56 Å². The lowest BCUT2D eigenvalue weighted by Gasteiger charge is -2.39. The number of ether oxygens (including phenoxy) is 2. The molecule has 0 spiro atoms.